The summed E-state index contributed by atoms with van der Waals surface area (Å²) in [5.74, 6) is 1.33. The van der Waals surface area contributed by atoms with Gasteiger partial charge < -0.3 is 0 Å². The van der Waals surface area contributed by atoms with E-state index in [1.807, 2.05) is 36.8 Å². The maximum absolute atomic E-state index is 4.63. The van der Waals surface area contributed by atoms with Crippen molar-refractivity contribution in [2.45, 2.75) is 33.1 Å². The second-order valence-electron chi connectivity index (χ2n) is 5.70. The largest absolute Gasteiger partial charge is 0.298 e. The highest BCUT2D eigenvalue weighted by atomic mass is 15.1. The summed E-state index contributed by atoms with van der Waals surface area (Å²) in [5, 5.41) is 0. The number of aromatic nitrogens is 3. The first-order chi connectivity index (χ1) is 10.7. The Morgan fingerprint density at radius 3 is 2.45 bits per heavy atom. The van der Waals surface area contributed by atoms with Crippen LogP contribution in [0.1, 0.15) is 37.9 Å². The number of hydrogen-bond acceptors (Lipinski definition) is 2. The Labute approximate surface area is 131 Å². The summed E-state index contributed by atoms with van der Waals surface area (Å²) in [6, 6.07) is 12.4. The molecule has 1 aromatic carbocycles. The molecule has 0 aliphatic rings. The molecule has 0 unspecified atom stereocenters. The van der Waals surface area contributed by atoms with Crippen molar-refractivity contribution in [3.05, 3.63) is 66.2 Å². The van der Waals surface area contributed by atoms with Crippen molar-refractivity contribution in [2.24, 2.45) is 0 Å². The Balaban J connectivity index is 2.24. The Hall–Kier alpha value is -2.42. The van der Waals surface area contributed by atoms with E-state index in [1.54, 1.807) is 0 Å². The molecule has 0 aliphatic heterocycles. The molecule has 3 rings (SSSR count). The van der Waals surface area contributed by atoms with Crippen LogP contribution in [0.4, 0.5) is 0 Å². The van der Waals surface area contributed by atoms with E-state index in [2.05, 4.69) is 53.5 Å². The molecule has 0 N–H and O–H groups in total. The van der Waals surface area contributed by atoms with Crippen LogP contribution in [0.2, 0.25) is 0 Å². The fourth-order valence-electron chi connectivity index (χ4n) is 2.78. The van der Waals surface area contributed by atoms with Gasteiger partial charge in [0.05, 0.1) is 11.4 Å². The van der Waals surface area contributed by atoms with Crippen LogP contribution >= 0.6 is 0 Å². The number of imidazole rings is 1. The summed E-state index contributed by atoms with van der Waals surface area (Å²) in [6.07, 6.45) is 6.78. The van der Waals surface area contributed by atoms with Gasteiger partial charge in [-0.1, -0.05) is 51.1 Å². The van der Waals surface area contributed by atoms with E-state index in [0.29, 0.717) is 5.92 Å². The van der Waals surface area contributed by atoms with Crippen LogP contribution < -0.4 is 0 Å². The lowest BCUT2D eigenvalue weighted by molar-refractivity contribution is 0.796. The Kier molecular flexibility index (Phi) is 4.05. The summed E-state index contributed by atoms with van der Waals surface area (Å²) in [7, 11) is 0. The number of rotatable bonds is 4. The lowest BCUT2D eigenvalue weighted by atomic mass is 10.0. The summed E-state index contributed by atoms with van der Waals surface area (Å²) >= 11 is 0. The molecular formula is C19H21N3. The van der Waals surface area contributed by atoms with Crippen molar-refractivity contribution < 1.29 is 0 Å². The zero-order chi connectivity index (χ0) is 15.5. The maximum Gasteiger partial charge on any atom is 0.144 e. The Bertz CT molecular complexity index is 757. The van der Waals surface area contributed by atoms with Crippen molar-refractivity contribution in [2.75, 3.05) is 0 Å². The van der Waals surface area contributed by atoms with Gasteiger partial charge in [0, 0.05) is 24.2 Å². The summed E-state index contributed by atoms with van der Waals surface area (Å²) in [4.78, 5) is 9.20. The first-order valence-corrected chi connectivity index (χ1v) is 7.79. The zero-order valence-corrected chi connectivity index (χ0v) is 13.3. The molecule has 0 saturated carbocycles. The minimum Gasteiger partial charge on any atom is -0.298 e. The van der Waals surface area contributed by atoms with Gasteiger partial charge in [-0.3, -0.25) is 9.55 Å². The molecule has 3 nitrogen and oxygen atoms in total. The minimum atomic E-state index is 0.368. The number of hydrogen-bond donors (Lipinski definition) is 0. The van der Waals surface area contributed by atoms with Crippen LogP contribution in [0.25, 0.3) is 17.1 Å². The molecule has 0 radical (unpaired) electrons. The molecule has 0 amide bonds. The second kappa shape index (κ2) is 6.14. The van der Waals surface area contributed by atoms with Gasteiger partial charge in [0.1, 0.15) is 5.82 Å². The van der Waals surface area contributed by atoms with Crippen molar-refractivity contribution in [3.63, 3.8) is 0 Å². The average molecular weight is 291 g/mol. The SMILES string of the molecule is CCc1ccnc(C(C)C)c1-n1ccnc1-c1ccccc1. The van der Waals surface area contributed by atoms with Gasteiger partial charge in [-0.05, 0) is 24.0 Å². The highest BCUT2D eigenvalue weighted by Crippen LogP contribution is 2.29. The van der Waals surface area contributed by atoms with Gasteiger partial charge >= 0.3 is 0 Å². The molecule has 0 fully saturated rings. The average Bonchev–Trinajstić information content (AvgIpc) is 3.04. The number of aryl methyl sites for hydroxylation is 1. The molecule has 112 valence electrons. The van der Waals surface area contributed by atoms with Crippen LogP contribution in [-0.4, -0.2) is 14.5 Å². The van der Waals surface area contributed by atoms with Crippen LogP contribution in [-0.2, 0) is 6.42 Å². The molecule has 3 heteroatoms. The highest BCUT2D eigenvalue weighted by molar-refractivity contribution is 5.60. The minimum absolute atomic E-state index is 0.368. The van der Waals surface area contributed by atoms with E-state index in [-0.39, 0.29) is 0 Å². The predicted molar refractivity (Wildman–Crippen MR) is 90.3 cm³/mol. The standard InChI is InChI=1S/C19H21N3/c1-4-15-10-11-20-17(14(2)3)18(15)22-13-12-21-19(22)16-8-6-5-7-9-16/h5-14H,4H2,1-3H3. The molecule has 3 aromatic rings. The normalized spacial score (nSPS) is 11.1. The van der Waals surface area contributed by atoms with Crippen molar-refractivity contribution >= 4 is 0 Å². The first-order valence-electron chi connectivity index (χ1n) is 7.79. The molecule has 22 heavy (non-hydrogen) atoms. The van der Waals surface area contributed by atoms with Gasteiger partial charge in [-0.15, -0.1) is 0 Å². The maximum atomic E-state index is 4.63. The number of nitrogens with zero attached hydrogens (tertiary/aromatic N) is 3. The molecule has 0 atom stereocenters. The van der Waals surface area contributed by atoms with E-state index >= 15 is 0 Å². The molecular weight excluding hydrogens is 270 g/mol. The lowest BCUT2D eigenvalue weighted by Gasteiger charge is -2.18. The van der Waals surface area contributed by atoms with Gasteiger partial charge in [0.2, 0.25) is 0 Å². The Morgan fingerprint density at radius 1 is 1.00 bits per heavy atom. The topological polar surface area (TPSA) is 30.7 Å². The van der Waals surface area contributed by atoms with Crippen LogP contribution in [0.15, 0.2) is 55.0 Å². The van der Waals surface area contributed by atoms with Crippen LogP contribution in [0.3, 0.4) is 0 Å². The fourth-order valence-corrected chi connectivity index (χ4v) is 2.78. The first kappa shape index (κ1) is 14.5. The zero-order valence-electron chi connectivity index (χ0n) is 13.3. The third-order valence-corrected chi connectivity index (χ3v) is 3.88. The van der Waals surface area contributed by atoms with E-state index in [4.69, 9.17) is 0 Å². The monoisotopic (exact) mass is 291 g/mol. The number of pyridine rings is 1. The van der Waals surface area contributed by atoms with Crippen LogP contribution in [0.5, 0.6) is 0 Å². The third kappa shape index (κ3) is 2.54. The van der Waals surface area contributed by atoms with Gasteiger partial charge in [0.25, 0.3) is 0 Å². The van der Waals surface area contributed by atoms with Crippen molar-refractivity contribution in [3.8, 4) is 17.1 Å². The van der Waals surface area contributed by atoms with Gasteiger partial charge in [-0.2, -0.15) is 0 Å². The van der Waals surface area contributed by atoms with Gasteiger partial charge in [-0.25, -0.2) is 4.98 Å². The smallest absolute Gasteiger partial charge is 0.144 e. The summed E-state index contributed by atoms with van der Waals surface area (Å²) in [5.41, 5.74) is 4.72. The van der Waals surface area contributed by atoms with Gasteiger partial charge in [0.15, 0.2) is 0 Å². The van der Waals surface area contributed by atoms with E-state index in [1.165, 1.54) is 11.3 Å². The third-order valence-electron chi connectivity index (χ3n) is 3.88. The van der Waals surface area contributed by atoms with E-state index < -0.39 is 0 Å². The van der Waals surface area contributed by atoms with E-state index in [9.17, 15) is 0 Å². The molecule has 2 aromatic heterocycles. The Morgan fingerprint density at radius 2 is 1.77 bits per heavy atom. The number of benzene rings is 1. The summed E-state index contributed by atoms with van der Waals surface area (Å²) < 4.78 is 2.18. The molecule has 0 spiro atoms. The van der Waals surface area contributed by atoms with Crippen molar-refractivity contribution in [1.29, 1.82) is 0 Å². The second-order valence-corrected chi connectivity index (χ2v) is 5.70. The molecule has 0 saturated heterocycles. The fraction of sp³-hybridized carbons (Fsp3) is 0.263. The molecule has 0 aliphatic carbocycles. The highest BCUT2D eigenvalue weighted by Gasteiger charge is 2.17. The summed E-state index contributed by atoms with van der Waals surface area (Å²) in [6.45, 7) is 6.55. The van der Waals surface area contributed by atoms with Crippen molar-refractivity contribution in [1.82, 2.24) is 14.5 Å². The molecule has 0 bridgehead atoms. The molecule has 2 heterocycles. The van der Waals surface area contributed by atoms with E-state index in [0.717, 1.165) is 23.5 Å². The van der Waals surface area contributed by atoms with Crippen LogP contribution in [0, 0.1) is 0 Å². The predicted octanol–water partition coefficient (Wildman–Crippen LogP) is 4.62. The quantitative estimate of drug-likeness (QED) is 0.702. The lowest BCUT2D eigenvalue weighted by Crippen LogP contribution is -2.08.